The lowest BCUT2D eigenvalue weighted by molar-refractivity contribution is 0.102. The smallest absolute Gasteiger partial charge is 0.260 e. The fourth-order valence-corrected chi connectivity index (χ4v) is 1.41. The average Bonchev–Trinajstić information content (AvgIpc) is 2.74. The minimum absolute atomic E-state index is 0.247. The highest BCUT2D eigenvalue weighted by atomic mass is 79.9. The molecule has 0 atom stereocenters. The Morgan fingerprint density at radius 1 is 1.47 bits per heavy atom. The first kappa shape index (κ1) is 9.92. The number of nitrogens with one attached hydrogen (secondary N) is 1. The van der Waals surface area contributed by atoms with Gasteiger partial charge >= 0.3 is 0 Å². The second kappa shape index (κ2) is 4.27. The zero-order valence-electron chi connectivity index (χ0n) is 7.61. The first-order chi connectivity index (χ1) is 7.27. The lowest BCUT2D eigenvalue weighted by atomic mass is 10.3. The number of nitrogens with zero attached hydrogens (tertiary/aromatic N) is 1. The quantitative estimate of drug-likeness (QED) is 0.910. The third-order valence-corrected chi connectivity index (χ3v) is 2.41. The number of amides is 1. The molecule has 0 bridgehead atoms. The summed E-state index contributed by atoms with van der Waals surface area (Å²) in [5.41, 5.74) is 0.465. The third-order valence-electron chi connectivity index (χ3n) is 1.77. The molecule has 1 amide bonds. The van der Waals surface area contributed by atoms with Crippen LogP contribution in [-0.4, -0.2) is 10.9 Å². The van der Waals surface area contributed by atoms with Crippen LogP contribution in [0.1, 0.15) is 10.4 Å². The van der Waals surface area contributed by atoms with E-state index in [9.17, 15) is 4.79 Å². The van der Waals surface area contributed by atoms with E-state index in [0.29, 0.717) is 11.4 Å². The number of pyridine rings is 1. The van der Waals surface area contributed by atoms with Crippen LogP contribution < -0.4 is 5.32 Å². The summed E-state index contributed by atoms with van der Waals surface area (Å²) in [6.45, 7) is 0. The Bertz CT molecular complexity index is 468. The number of aromatic nitrogens is 1. The Hall–Kier alpha value is -1.62. The van der Waals surface area contributed by atoms with E-state index >= 15 is 0 Å². The monoisotopic (exact) mass is 266 g/mol. The van der Waals surface area contributed by atoms with Crippen LogP contribution in [0.25, 0.3) is 0 Å². The maximum absolute atomic E-state index is 11.6. The number of hydrogen-bond donors (Lipinski definition) is 1. The van der Waals surface area contributed by atoms with Crippen LogP contribution in [0, 0.1) is 0 Å². The summed E-state index contributed by atoms with van der Waals surface area (Å²) in [7, 11) is 0. The third kappa shape index (κ3) is 2.24. The predicted octanol–water partition coefficient (Wildman–Crippen LogP) is 2.69. The summed E-state index contributed by atoms with van der Waals surface area (Å²) in [6, 6.07) is 5.17. The lowest BCUT2D eigenvalue weighted by Gasteiger charge is -2.03. The van der Waals surface area contributed by atoms with Crippen LogP contribution in [0.5, 0.6) is 0 Å². The van der Waals surface area contributed by atoms with Crippen molar-refractivity contribution in [2.24, 2.45) is 0 Å². The zero-order chi connectivity index (χ0) is 10.7. The largest absolute Gasteiger partial charge is 0.472 e. The van der Waals surface area contributed by atoms with Crippen molar-refractivity contribution in [3.63, 3.8) is 0 Å². The first-order valence-electron chi connectivity index (χ1n) is 4.21. The molecule has 76 valence electrons. The summed E-state index contributed by atoms with van der Waals surface area (Å²) >= 11 is 3.29. The van der Waals surface area contributed by atoms with E-state index in [1.165, 1.54) is 12.5 Å². The van der Waals surface area contributed by atoms with Crippen LogP contribution in [0.15, 0.2) is 45.8 Å². The molecule has 0 unspecified atom stereocenters. The van der Waals surface area contributed by atoms with Crippen molar-refractivity contribution in [2.45, 2.75) is 0 Å². The minimum Gasteiger partial charge on any atom is -0.472 e. The molecule has 5 heteroatoms. The van der Waals surface area contributed by atoms with Crippen molar-refractivity contribution in [3.8, 4) is 0 Å². The van der Waals surface area contributed by atoms with Crippen LogP contribution in [-0.2, 0) is 0 Å². The first-order valence-corrected chi connectivity index (χ1v) is 5.01. The van der Waals surface area contributed by atoms with Gasteiger partial charge in [0.1, 0.15) is 12.1 Å². The van der Waals surface area contributed by atoms with Crippen LogP contribution in [0.2, 0.25) is 0 Å². The molecule has 0 saturated heterocycles. The van der Waals surface area contributed by atoms with Gasteiger partial charge in [0.25, 0.3) is 5.91 Å². The molecule has 2 aromatic heterocycles. The zero-order valence-corrected chi connectivity index (χ0v) is 9.19. The molecular formula is C10H7BrN2O2. The Balaban J connectivity index is 2.17. The summed E-state index contributed by atoms with van der Waals surface area (Å²) < 4.78 is 5.55. The number of furan rings is 1. The van der Waals surface area contributed by atoms with Gasteiger partial charge in [-0.3, -0.25) is 4.79 Å². The molecule has 0 radical (unpaired) electrons. The van der Waals surface area contributed by atoms with E-state index in [1.807, 2.05) is 0 Å². The molecular weight excluding hydrogens is 260 g/mol. The molecule has 0 spiro atoms. The van der Waals surface area contributed by atoms with Crippen molar-refractivity contribution < 1.29 is 9.21 Å². The topological polar surface area (TPSA) is 55.1 Å². The average molecular weight is 267 g/mol. The van der Waals surface area contributed by atoms with E-state index in [4.69, 9.17) is 4.42 Å². The summed E-state index contributed by atoms with van der Waals surface area (Å²) in [5.74, 6) is 0.242. The number of halogens is 1. The summed E-state index contributed by atoms with van der Waals surface area (Å²) in [5, 5.41) is 2.66. The van der Waals surface area contributed by atoms with Crippen LogP contribution in [0.4, 0.5) is 5.82 Å². The van der Waals surface area contributed by atoms with E-state index < -0.39 is 0 Å². The van der Waals surface area contributed by atoms with Gasteiger partial charge in [-0.05, 0) is 34.1 Å². The minimum atomic E-state index is -0.247. The Morgan fingerprint density at radius 2 is 2.33 bits per heavy atom. The number of carbonyl (C=O) groups is 1. The molecule has 2 heterocycles. The summed E-state index contributed by atoms with van der Waals surface area (Å²) in [4.78, 5) is 15.6. The van der Waals surface area contributed by atoms with E-state index in [2.05, 4.69) is 26.2 Å². The molecule has 2 rings (SSSR count). The van der Waals surface area contributed by atoms with Gasteiger partial charge in [0.15, 0.2) is 0 Å². The standard InChI is InChI=1S/C10H7BrN2O2/c11-8-2-1-4-12-9(8)13-10(14)7-3-5-15-6-7/h1-6H,(H,12,13,14). The highest BCUT2D eigenvalue weighted by Crippen LogP contribution is 2.18. The van der Waals surface area contributed by atoms with Gasteiger partial charge in [-0.1, -0.05) is 0 Å². The van der Waals surface area contributed by atoms with Gasteiger partial charge in [0.2, 0.25) is 0 Å². The molecule has 0 aliphatic heterocycles. The second-order valence-electron chi connectivity index (χ2n) is 2.80. The van der Waals surface area contributed by atoms with Crippen molar-refractivity contribution >= 4 is 27.7 Å². The fourth-order valence-electron chi connectivity index (χ4n) is 1.05. The molecule has 1 N–H and O–H groups in total. The molecule has 15 heavy (non-hydrogen) atoms. The van der Waals surface area contributed by atoms with Gasteiger partial charge < -0.3 is 9.73 Å². The van der Waals surface area contributed by atoms with E-state index in [0.717, 1.165) is 4.47 Å². The Morgan fingerprint density at radius 3 is 3.00 bits per heavy atom. The fraction of sp³-hybridized carbons (Fsp3) is 0. The van der Waals surface area contributed by atoms with Crippen molar-refractivity contribution in [2.75, 3.05) is 5.32 Å². The van der Waals surface area contributed by atoms with Gasteiger partial charge in [0.05, 0.1) is 16.3 Å². The number of carbonyl (C=O) groups excluding carboxylic acids is 1. The molecule has 0 saturated carbocycles. The van der Waals surface area contributed by atoms with Gasteiger partial charge in [0, 0.05) is 6.20 Å². The van der Waals surface area contributed by atoms with E-state index in [-0.39, 0.29) is 5.91 Å². The number of hydrogen-bond acceptors (Lipinski definition) is 3. The van der Waals surface area contributed by atoms with Gasteiger partial charge in [-0.2, -0.15) is 0 Å². The highest BCUT2D eigenvalue weighted by molar-refractivity contribution is 9.10. The molecule has 4 nitrogen and oxygen atoms in total. The second-order valence-corrected chi connectivity index (χ2v) is 3.65. The maximum atomic E-state index is 11.6. The van der Waals surface area contributed by atoms with Crippen molar-refractivity contribution in [1.82, 2.24) is 4.98 Å². The molecule has 0 aliphatic carbocycles. The molecule has 2 aromatic rings. The lowest BCUT2D eigenvalue weighted by Crippen LogP contribution is -2.12. The van der Waals surface area contributed by atoms with Crippen molar-refractivity contribution in [1.29, 1.82) is 0 Å². The Kier molecular flexibility index (Phi) is 2.82. The van der Waals surface area contributed by atoms with Gasteiger partial charge in [-0.25, -0.2) is 4.98 Å². The Labute approximate surface area is 94.4 Å². The number of rotatable bonds is 2. The SMILES string of the molecule is O=C(Nc1ncccc1Br)c1ccoc1. The van der Waals surface area contributed by atoms with E-state index in [1.54, 1.807) is 24.4 Å². The predicted molar refractivity (Wildman–Crippen MR) is 58.6 cm³/mol. The van der Waals surface area contributed by atoms with Crippen LogP contribution in [0.3, 0.4) is 0 Å². The van der Waals surface area contributed by atoms with Crippen LogP contribution >= 0.6 is 15.9 Å². The molecule has 0 fully saturated rings. The molecule has 0 aromatic carbocycles. The normalized spacial score (nSPS) is 9.93. The number of anilines is 1. The highest BCUT2D eigenvalue weighted by Gasteiger charge is 2.09. The molecule has 0 aliphatic rings. The summed E-state index contributed by atoms with van der Waals surface area (Å²) in [6.07, 6.45) is 4.43. The van der Waals surface area contributed by atoms with Crippen molar-refractivity contribution in [3.05, 3.63) is 47.0 Å². The maximum Gasteiger partial charge on any atom is 0.260 e. The van der Waals surface area contributed by atoms with Gasteiger partial charge in [-0.15, -0.1) is 0 Å².